The summed E-state index contributed by atoms with van der Waals surface area (Å²) in [4.78, 5) is 46.5. The Bertz CT molecular complexity index is 3240. The van der Waals surface area contributed by atoms with Crippen molar-refractivity contribution in [2.24, 2.45) is 0 Å². The molecule has 0 aliphatic heterocycles. The second kappa shape index (κ2) is 32.7. The number of pyridine rings is 4. The van der Waals surface area contributed by atoms with Crippen molar-refractivity contribution in [3.8, 4) is 45.6 Å². The predicted molar refractivity (Wildman–Crippen MR) is 300 cm³/mol. The summed E-state index contributed by atoms with van der Waals surface area (Å²) in [5.74, 6) is 0. The van der Waals surface area contributed by atoms with Gasteiger partial charge in [-0.25, -0.2) is 0 Å². The molecular weight excluding hydrogens is 1160 g/mol. The van der Waals surface area contributed by atoms with Gasteiger partial charge in [-0.2, -0.15) is 28.8 Å². The molecule has 3 aliphatic carbocycles. The lowest BCUT2D eigenvalue weighted by molar-refractivity contribution is -0.742. The van der Waals surface area contributed by atoms with Crippen molar-refractivity contribution < 1.29 is 51.9 Å². The summed E-state index contributed by atoms with van der Waals surface area (Å²) >= 11 is 3.49. The molecule has 8 heterocycles. The number of hydrogen-bond donors (Lipinski definition) is 6. The molecular formula is C50H61BrN16O14S. The maximum absolute atomic E-state index is 11.2. The van der Waals surface area contributed by atoms with Crippen LogP contribution in [0.25, 0.3) is 45.6 Å². The molecule has 0 spiro atoms. The molecule has 0 amide bonds. The van der Waals surface area contributed by atoms with Crippen molar-refractivity contribution in [2.45, 2.75) is 94.5 Å². The fraction of sp³-hybridized carbons (Fsp3) is 0.360. The zero-order valence-electron chi connectivity index (χ0n) is 44.5. The Morgan fingerprint density at radius 1 is 0.610 bits per heavy atom. The molecule has 11 rings (SSSR count). The molecule has 0 atom stereocenters. The standard InChI is InChI=1S/C14H16N4O3.C14H18N4O.C8H6N4O2.C8H7N3.C6H11BrO.HNO3.H2O4S/c1-2-21-11-7-10(8-11)17-9-13(18(19)20)14(16-17)12-5-3-4-6-15-12;1-2-19-11-7-10(8-11)18-9-12(15)14(17-18)13-5-3-4-6-16-13;13-12(14)7-5-10-11-8(7)6-3-1-2-4-9-6;1-2-5-9-7(3-1)8-4-6-10-11-8;1-2-8-6-3-5(7)4-6;2-1(3)4;1-5(2,3)4/h3-6,9-11H,2,7-8H2,1H3;3-6,9-11H,2,7-8,15H2,1H3;1-5H,(H,10,11);1-6H,(H,10,11);5-6H,2-4H2,1H3;(H,2,3,4);(H2,1,2,3,4). The van der Waals surface area contributed by atoms with Crippen LogP contribution in [0.15, 0.2) is 128 Å². The summed E-state index contributed by atoms with van der Waals surface area (Å²) in [5, 5.41) is 57.2. The molecule has 7 N–H and O–H groups in total. The van der Waals surface area contributed by atoms with E-state index in [9.17, 15) is 20.2 Å². The van der Waals surface area contributed by atoms with Crippen LogP contribution in [0, 0.1) is 30.3 Å². The van der Waals surface area contributed by atoms with Crippen molar-refractivity contribution in [2.75, 3.05) is 25.6 Å². The number of anilines is 1. The number of ether oxygens (including phenoxy) is 3. The SMILES string of the molecule is CCOC1CC(Br)C1.CCOC1CC(n2cc(N)c(-c3ccccn3)n2)C1.CCOC1CC(n2cc([N+](=O)[O-])c(-c3ccccn3)n2)C1.O=S(=O)(O)O.O=[N+]([O-])O.O=[N+]([O-])c1cn[nH]c1-c1ccccn1.c1ccc(-c2ccn[nH]2)nc1. The third-order valence-corrected chi connectivity index (χ3v) is 12.5. The molecule has 0 bridgehead atoms. The Labute approximate surface area is 477 Å². The fourth-order valence-corrected chi connectivity index (χ4v) is 8.68. The minimum atomic E-state index is -4.67. The highest BCUT2D eigenvalue weighted by Crippen LogP contribution is 2.38. The summed E-state index contributed by atoms with van der Waals surface area (Å²) in [5.41, 5.74) is 11.8. The van der Waals surface area contributed by atoms with Crippen molar-refractivity contribution >= 4 is 43.4 Å². The van der Waals surface area contributed by atoms with Gasteiger partial charge in [0.05, 0.1) is 74.4 Å². The largest absolute Gasteiger partial charge is 0.396 e. The minimum absolute atomic E-state index is 0.00596. The van der Waals surface area contributed by atoms with Gasteiger partial charge in [-0.05, 0) is 114 Å². The highest BCUT2D eigenvalue weighted by molar-refractivity contribution is 9.09. The lowest BCUT2D eigenvalue weighted by Crippen LogP contribution is -2.33. The first-order chi connectivity index (χ1) is 39.3. The van der Waals surface area contributed by atoms with Crippen LogP contribution >= 0.6 is 15.9 Å². The number of nitrogens with two attached hydrogens (primary N) is 1. The molecule has 0 unspecified atom stereocenters. The molecule has 0 aromatic carbocycles. The summed E-state index contributed by atoms with van der Waals surface area (Å²) in [6.07, 6.45) is 20.2. The quantitative estimate of drug-likeness (QED) is 0.0256. The topological polar surface area (TPSA) is 423 Å². The molecule has 32 heteroatoms. The first kappa shape index (κ1) is 64.3. The van der Waals surface area contributed by atoms with Gasteiger partial charge in [0.25, 0.3) is 5.09 Å². The summed E-state index contributed by atoms with van der Waals surface area (Å²) in [6, 6.07) is 24.4. The van der Waals surface area contributed by atoms with Crippen LogP contribution in [0.5, 0.6) is 0 Å². The van der Waals surface area contributed by atoms with Crippen molar-refractivity contribution in [1.29, 1.82) is 0 Å². The van der Waals surface area contributed by atoms with Gasteiger partial charge in [0.2, 0.25) is 0 Å². The minimum Gasteiger partial charge on any atom is -0.396 e. The summed E-state index contributed by atoms with van der Waals surface area (Å²) in [7, 11) is -4.67. The molecule has 0 saturated heterocycles. The van der Waals surface area contributed by atoms with Gasteiger partial charge in [0, 0.05) is 61.8 Å². The molecule has 3 aliphatic rings. The average Bonchev–Trinajstić information content (AvgIpc) is 4.44. The Hall–Kier alpha value is -8.53. The zero-order valence-corrected chi connectivity index (χ0v) is 46.9. The number of nitrogens with zero attached hydrogens (tertiary/aromatic N) is 13. The lowest BCUT2D eigenvalue weighted by atomic mass is 9.89. The van der Waals surface area contributed by atoms with Gasteiger partial charge >= 0.3 is 21.8 Å². The third-order valence-electron chi connectivity index (χ3n) is 11.8. The van der Waals surface area contributed by atoms with E-state index in [-0.39, 0.29) is 23.5 Å². The van der Waals surface area contributed by atoms with Gasteiger partial charge in [-0.3, -0.25) is 68.8 Å². The Morgan fingerprint density at radius 2 is 1.02 bits per heavy atom. The number of nitrogens with one attached hydrogen (secondary N) is 2. The van der Waals surface area contributed by atoms with E-state index in [1.807, 2.05) is 74.1 Å². The number of H-pyrrole nitrogens is 2. The number of nitrogen functional groups attached to an aromatic ring is 1. The van der Waals surface area contributed by atoms with Crippen LogP contribution in [0.2, 0.25) is 0 Å². The van der Waals surface area contributed by atoms with Crippen molar-refractivity contribution in [3.63, 3.8) is 0 Å². The molecule has 0 radical (unpaired) electrons. The van der Waals surface area contributed by atoms with E-state index >= 15 is 0 Å². The van der Waals surface area contributed by atoms with Crippen LogP contribution in [-0.2, 0) is 24.6 Å². The zero-order chi connectivity index (χ0) is 59.6. The van der Waals surface area contributed by atoms with Gasteiger partial charge in [-0.1, -0.05) is 40.2 Å². The van der Waals surface area contributed by atoms with E-state index in [2.05, 4.69) is 66.5 Å². The summed E-state index contributed by atoms with van der Waals surface area (Å²) in [6.45, 7) is 8.36. The molecule has 8 aromatic rings. The van der Waals surface area contributed by atoms with Crippen LogP contribution < -0.4 is 5.73 Å². The van der Waals surface area contributed by atoms with E-state index in [0.29, 0.717) is 53.3 Å². The maximum atomic E-state index is 11.2. The number of aromatic nitrogens is 12. The second-order valence-electron chi connectivity index (χ2n) is 17.5. The van der Waals surface area contributed by atoms with E-state index in [4.69, 9.17) is 52.8 Å². The van der Waals surface area contributed by atoms with Crippen molar-refractivity contribution in [3.05, 3.63) is 159 Å². The maximum Gasteiger partial charge on any atom is 0.394 e. The number of nitro groups is 2. The van der Waals surface area contributed by atoms with Gasteiger partial charge < -0.3 is 25.2 Å². The number of rotatable bonds is 14. The van der Waals surface area contributed by atoms with Gasteiger partial charge in [-0.15, -0.1) is 10.1 Å². The van der Waals surface area contributed by atoms with E-state index in [1.54, 1.807) is 72.1 Å². The monoisotopic (exact) mass is 1220 g/mol. The number of aromatic amines is 2. The van der Waals surface area contributed by atoms with Crippen LogP contribution in [0.4, 0.5) is 17.1 Å². The van der Waals surface area contributed by atoms with E-state index < -0.39 is 25.3 Å². The van der Waals surface area contributed by atoms with E-state index in [1.165, 1.54) is 25.2 Å². The predicted octanol–water partition coefficient (Wildman–Crippen LogP) is 8.66. The van der Waals surface area contributed by atoms with Gasteiger partial charge in [0.15, 0.2) is 11.4 Å². The average molecular weight is 1220 g/mol. The fourth-order valence-electron chi connectivity index (χ4n) is 7.85. The molecule has 8 aromatic heterocycles. The number of hydrogen-bond acceptors (Lipinski definition) is 20. The highest BCUT2D eigenvalue weighted by atomic mass is 79.9. The van der Waals surface area contributed by atoms with Crippen LogP contribution in [-0.4, -0.2) is 141 Å². The Morgan fingerprint density at radius 3 is 1.43 bits per heavy atom. The molecule has 30 nitrogen and oxygen atoms in total. The number of alkyl halides is 1. The summed E-state index contributed by atoms with van der Waals surface area (Å²) < 4.78 is 51.6. The Kier molecular flexibility index (Phi) is 25.6. The highest BCUT2D eigenvalue weighted by Gasteiger charge is 2.35. The van der Waals surface area contributed by atoms with Crippen LogP contribution in [0.1, 0.15) is 71.4 Å². The van der Waals surface area contributed by atoms with Gasteiger partial charge in [0.1, 0.15) is 18.1 Å². The lowest BCUT2D eigenvalue weighted by Gasteiger charge is -2.34. The van der Waals surface area contributed by atoms with E-state index in [0.717, 1.165) is 66.5 Å². The van der Waals surface area contributed by atoms with Crippen molar-refractivity contribution in [1.82, 2.24) is 59.9 Å². The molecule has 438 valence electrons. The smallest absolute Gasteiger partial charge is 0.394 e. The second-order valence-corrected chi connectivity index (χ2v) is 19.7. The molecule has 3 fully saturated rings. The molecule has 3 saturated carbocycles. The molecule has 82 heavy (non-hydrogen) atoms. The third kappa shape index (κ3) is 21.2. The first-order valence-corrected chi connectivity index (χ1v) is 27.5. The number of halogens is 1. The Balaban J connectivity index is 0.000000186. The first-order valence-electron chi connectivity index (χ1n) is 25.2. The normalized spacial score (nSPS) is 18.1. The van der Waals surface area contributed by atoms with Crippen LogP contribution in [0.3, 0.4) is 0 Å².